The van der Waals surface area contributed by atoms with Crippen LogP contribution in [0, 0.1) is 23.2 Å². The predicted octanol–water partition coefficient (Wildman–Crippen LogP) is 5.72. The largest absolute Gasteiger partial charge is 0.266 e. The monoisotopic (exact) mass is 408 g/mol. The second-order valence-electron chi connectivity index (χ2n) is 7.74. The number of fused-ring (bicyclic) bond motifs is 1. The Kier molecular flexibility index (Phi) is 10.3. The van der Waals surface area contributed by atoms with E-state index in [0.717, 1.165) is 23.8 Å². The van der Waals surface area contributed by atoms with Crippen LogP contribution in [0.25, 0.3) is 11.0 Å². The molecule has 0 aliphatic heterocycles. The summed E-state index contributed by atoms with van der Waals surface area (Å²) in [7, 11) is -1.28. The van der Waals surface area contributed by atoms with Crippen LogP contribution in [0.1, 0.15) is 74.7 Å². The molecule has 0 spiro atoms. The maximum atomic E-state index is 12.5. The van der Waals surface area contributed by atoms with Gasteiger partial charge in [0.1, 0.15) is 16.0 Å². The number of aromatic nitrogens is 3. The molecule has 2 aromatic heterocycles. The SMILES string of the molecule is CC.CC.CCC1CC(CC(C)CNS(=O)c2[nH]nc3ncccc23)C1(C)C. The van der Waals surface area contributed by atoms with Crippen LogP contribution in [0.15, 0.2) is 23.4 Å². The normalized spacial score (nSPS) is 22.1. The summed E-state index contributed by atoms with van der Waals surface area (Å²) in [4.78, 5) is 4.16. The van der Waals surface area contributed by atoms with Gasteiger partial charge in [0.25, 0.3) is 0 Å². The molecule has 160 valence electrons. The van der Waals surface area contributed by atoms with E-state index in [2.05, 4.69) is 47.6 Å². The number of rotatable bonds is 7. The molecule has 2 aromatic rings. The number of hydrogen-bond acceptors (Lipinski definition) is 3. The van der Waals surface area contributed by atoms with E-state index in [-0.39, 0.29) is 0 Å². The minimum Gasteiger partial charge on any atom is -0.266 e. The van der Waals surface area contributed by atoms with E-state index in [4.69, 9.17) is 0 Å². The smallest absolute Gasteiger partial charge is 0.182 e. The van der Waals surface area contributed by atoms with Crippen LogP contribution in [0.2, 0.25) is 0 Å². The van der Waals surface area contributed by atoms with Crippen molar-refractivity contribution in [3.05, 3.63) is 18.3 Å². The summed E-state index contributed by atoms with van der Waals surface area (Å²) in [5.74, 6) is 2.15. The Bertz CT molecular complexity index is 728. The van der Waals surface area contributed by atoms with Crippen molar-refractivity contribution in [3.8, 4) is 0 Å². The third kappa shape index (κ3) is 5.63. The number of pyridine rings is 1. The van der Waals surface area contributed by atoms with Gasteiger partial charge in [-0.2, -0.15) is 5.10 Å². The van der Waals surface area contributed by atoms with E-state index in [9.17, 15) is 4.21 Å². The van der Waals surface area contributed by atoms with Crippen molar-refractivity contribution < 1.29 is 4.21 Å². The highest BCUT2D eigenvalue weighted by Crippen LogP contribution is 2.54. The summed E-state index contributed by atoms with van der Waals surface area (Å²) in [6, 6.07) is 3.73. The molecule has 0 bridgehead atoms. The third-order valence-electron chi connectivity index (χ3n) is 5.90. The Morgan fingerprint density at radius 1 is 1.29 bits per heavy atom. The number of nitrogens with zero attached hydrogens (tertiary/aromatic N) is 2. The highest BCUT2D eigenvalue weighted by Gasteiger charge is 2.46. The molecule has 0 amide bonds. The van der Waals surface area contributed by atoms with Crippen LogP contribution in [-0.4, -0.2) is 25.9 Å². The maximum absolute atomic E-state index is 12.5. The average Bonchev–Trinajstić information content (AvgIpc) is 3.16. The van der Waals surface area contributed by atoms with Crippen LogP contribution < -0.4 is 4.72 Å². The molecular weight excluding hydrogens is 368 g/mol. The van der Waals surface area contributed by atoms with Crippen molar-refractivity contribution in [1.29, 1.82) is 0 Å². The Morgan fingerprint density at radius 3 is 2.57 bits per heavy atom. The lowest BCUT2D eigenvalue weighted by Crippen LogP contribution is -2.45. The third-order valence-corrected chi connectivity index (χ3v) is 7.01. The van der Waals surface area contributed by atoms with E-state index >= 15 is 0 Å². The van der Waals surface area contributed by atoms with Crippen molar-refractivity contribution in [3.63, 3.8) is 0 Å². The standard InChI is InChI=1S/C18H28N4OS.2C2H6/c1-5-13-10-14(18(13,3)4)9-12(2)11-20-24(23)17-15-7-6-8-19-16(15)21-22-17;2*1-2/h6-8,12-14,20H,5,9-11H2,1-4H3,(H,19,21,22);2*1-2H3. The topological polar surface area (TPSA) is 70.7 Å². The Labute approximate surface area is 174 Å². The fourth-order valence-corrected chi connectivity index (χ4v) is 5.11. The average molecular weight is 409 g/mol. The molecule has 4 unspecified atom stereocenters. The van der Waals surface area contributed by atoms with E-state index in [1.807, 2.05) is 39.8 Å². The molecule has 1 aliphatic rings. The van der Waals surface area contributed by atoms with Crippen LogP contribution in [-0.2, 0) is 11.0 Å². The van der Waals surface area contributed by atoms with Crippen molar-refractivity contribution in [2.45, 2.75) is 79.7 Å². The Hall–Kier alpha value is -1.27. The van der Waals surface area contributed by atoms with Gasteiger partial charge >= 0.3 is 0 Å². The van der Waals surface area contributed by atoms with Gasteiger partial charge in [0.2, 0.25) is 0 Å². The molecule has 28 heavy (non-hydrogen) atoms. The summed E-state index contributed by atoms with van der Waals surface area (Å²) in [5, 5.41) is 8.39. The van der Waals surface area contributed by atoms with Gasteiger partial charge in [-0.3, -0.25) is 5.10 Å². The lowest BCUT2D eigenvalue weighted by molar-refractivity contribution is -0.0348. The molecule has 5 nitrogen and oxygen atoms in total. The van der Waals surface area contributed by atoms with E-state index in [1.165, 1.54) is 19.3 Å². The van der Waals surface area contributed by atoms with Crippen molar-refractivity contribution in [1.82, 2.24) is 19.9 Å². The van der Waals surface area contributed by atoms with Crippen LogP contribution in [0.3, 0.4) is 0 Å². The van der Waals surface area contributed by atoms with Crippen molar-refractivity contribution >= 4 is 22.0 Å². The Morgan fingerprint density at radius 2 is 1.96 bits per heavy atom. The highest BCUT2D eigenvalue weighted by atomic mass is 32.2. The van der Waals surface area contributed by atoms with Crippen LogP contribution in [0.5, 0.6) is 0 Å². The quantitative estimate of drug-likeness (QED) is 0.615. The first kappa shape index (κ1) is 24.8. The van der Waals surface area contributed by atoms with E-state index in [1.54, 1.807) is 6.20 Å². The second kappa shape index (κ2) is 11.7. The number of nitrogens with one attached hydrogen (secondary N) is 2. The number of aromatic amines is 1. The van der Waals surface area contributed by atoms with Crippen LogP contribution in [0.4, 0.5) is 0 Å². The fraction of sp³-hybridized carbons (Fsp3) is 0.727. The maximum Gasteiger partial charge on any atom is 0.182 e. The van der Waals surface area contributed by atoms with E-state index < -0.39 is 11.0 Å². The van der Waals surface area contributed by atoms with Gasteiger partial charge in [0, 0.05) is 12.7 Å². The minimum absolute atomic E-state index is 0.452. The molecule has 1 saturated carbocycles. The molecule has 0 aromatic carbocycles. The zero-order valence-corrected chi connectivity index (χ0v) is 19.8. The minimum atomic E-state index is -1.28. The summed E-state index contributed by atoms with van der Waals surface area (Å²) in [6.45, 7) is 18.1. The first-order valence-corrected chi connectivity index (χ1v) is 12.0. The zero-order chi connectivity index (χ0) is 21.3. The fourth-order valence-electron chi connectivity index (χ4n) is 4.04. The molecule has 0 radical (unpaired) electrons. The molecule has 4 atom stereocenters. The van der Waals surface area contributed by atoms with Gasteiger partial charge in [-0.15, -0.1) is 0 Å². The molecule has 6 heteroatoms. The number of hydrogen-bond donors (Lipinski definition) is 2. The molecule has 3 rings (SSSR count). The van der Waals surface area contributed by atoms with Gasteiger partial charge < -0.3 is 0 Å². The summed E-state index contributed by atoms with van der Waals surface area (Å²) in [5.41, 5.74) is 1.06. The Balaban J connectivity index is 0.000000921. The first-order valence-electron chi connectivity index (χ1n) is 10.9. The summed E-state index contributed by atoms with van der Waals surface area (Å²) in [6.07, 6.45) is 5.50. The van der Waals surface area contributed by atoms with Gasteiger partial charge in [-0.1, -0.05) is 61.8 Å². The molecule has 2 heterocycles. The lowest BCUT2D eigenvalue weighted by Gasteiger charge is -2.53. The molecule has 1 fully saturated rings. The molecule has 2 N–H and O–H groups in total. The second-order valence-corrected chi connectivity index (χ2v) is 8.98. The summed E-state index contributed by atoms with van der Waals surface area (Å²) < 4.78 is 15.7. The summed E-state index contributed by atoms with van der Waals surface area (Å²) >= 11 is 0. The zero-order valence-electron chi connectivity index (χ0n) is 19.0. The molecule has 1 aliphatic carbocycles. The van der Waals surface area contributed by atoms with Crippen molar-refractivity contribution in [2.75, 3.05) is 6.54 Å². The van der Waals surface area contributed by atoms with Gasteiger partial charge in [0.05, 0.1) is 5.39 Å². The van der Waals surface area contributed by atoms with Crippen LogP contribution >= 0.6 is 0 Å². The van der Waals surface area contributed by atoms with Crippen molar-refractivity contribution in [2.24, 2.45) is 23.2 Å². The first-order chi connectivity index (χ1) is 13.4. The predicted molar refractivity (Wildman–Crippen MR) is 120 cm³/mol. The van der Waals surface area contributed by atoms with E-state index in [0.29, 0.717) is 22.0 Å². The lowest BCUT2D eigenvalue weighted by atomic mass is 9.52. The van der Waals surface area contributed by atoms with Gasteiger partial charge in [-0.05, 0) is 48.1 Å². The highest BCUT2D eigenvalue weighted by molar-refractivity contribution is 7.83. The molecular formula is C22H40N4OS. The van der Waals surface area contributed by atoms with Gasteiger partial charge in [0.15, 0.2) is 5.65 Å². The molecule has 0 saturated heterocycles. The van der Waals surface area contributed by atoms with Gasteiger partial charge in [-0.25, -0.2) is 13.9 Å². The number of H-pyrrole nitrogens is 1.